The average Bonchev–Trinajstić information content (AvgIpc) is 3.25. The Balaban J connectivity index is 2.77. The molecule has 8 atom stereocenters. The summed E-state index contributed by atoms with van der Waals surface area (Å²) in [5.74, 6) is -1.35. The molecule has 22 heteroatoms. The summed E-state index contributed by atoms with van der Waals surface area (Å²) in [5, 5.41) is 31.9. The van der Waals surface area contributed by atoms with Gasteiger partial charge in [-0.25, -0.2) is 13.7 Å². The van der Waals surface area contributed by atoms with Crippen LogP contribution in [0.4, 0.5) is 0 Å². The van der Waals surface area contributed by atoms with Crippen molar-refractivity contribution < 1.29 is 90.6 Å². The van der Waals surface area contributed by atoms with Crippen molar-refractivity contribution in [2.45, 2.75) is 211 Å². The van der Waals surface area contributed by atoms with Crippen LogP contribution in [0.15, 0.2) is 48.6 Å². The Hall–Kier alpha value is -1.89. The summed E-state index contributed by atoms with van der Waals surface area (Å²) in [6.45, 7) is 2.87. The van der Waals surface area contributed by atoms with Crippen LogP contribution in [-0.2, 0) is 50.9 Å². The van der Waals surface area contributed by atoms with Gasteiger partial charge in [-0.2, -0.15) is 0 Å². The number of hydrogen-bond donors (Lipinski definition) is 8. The third kappa shape index (κ3) is 33.4. The van der Waals surface area contributed by atoms with Crippen molar-refractivity contribution in [2.24, 2.45) is 0 Å². The molecule has 0 heterocycles. The maximum atomic E-state index is 13.1. The summed E-state index contributed by atoms with van der Waals surface area (Å²) >= 11 is 0. The van der Waals surface area contributed by atoms with Gasteiger partial charge < -0.3 is 49.3 Å². The van der Waals surface area contributed by atoms with Gasteiger partial charge in [0.05, 0.1) is 6.61 Å². The SMILES string of the molecule is CCCCC/C=C\C/C=C\C/C=C\CCCCC(=O)O[C@H](COC(=O)CCCCCCC/C=C\CCCCCCCC)COP(=O)(O)O[C@H]1C(O)C(O)C(OP(=O)(O)O)[C@@H](OP(=O)(O)O)C1O. The third-order valence-corrected chi connectivity index (χ3v) is 12.6. The third-order valence-electron chi connectivity index (χ3n) is 10.6. The van der Waals surface area contributed by atoms with Gasteiger partial charge in [-0.1, -0.05) is 127 Å². The minimum atomic E-state index is -5.61. The number of carbonyl (C=O) groups excluding carboxylic acids is 2. The Labute approximate surface area is 397 Å². The fraction of sp³-hybridized carbons (Fsp3) is 0.778. The normalized spacial score (nSPS) is 22.0. The molecule has 8 N–H and O–H groups in total. The van der Waals surface area contributed by atoms with Crippen molar-refractivity contribution in [3.63, 3.8) is 0 Å². The molecule has 1 aliphatic carbocycles. The molecule has 390 valence electrons. The van der Waals surface area contributed by atoms with Gasteiger partial charge in [0.15, 0.2) is 6.10 Å². The number of rotatable bonds is 40. The van der Waals surface area contributed by atoms with Crippen molar-refractivity contribution in [3.8, 4) is 0 Å². The van der Waals surface area contributed by atoms with Gasteiger partial charge in [0.1, 0.15) is 43.2 Å². The number of aliphatic hydroxyl groups excluding tert-OH is 3. The summed E-state index contributed by atoms with van der Waals surface area (Å²) in [5.41, 5.74) is 0. The lowest BCUT2D eigenvalue weighted by atomic mass is 9.85. The molecule has 0 aromatic rings. The monoisotopic (exact) mass is 1020 g/mol. The maximum absolute atomic E-state index is 13.1. The first-order valence-electron chi connectivity index (χ1n) is 23.9. The van der Waals surface area contributed by atoms with E-state index in [9.17, 15) is 63.1 Å². The van der Waals surface area contributed by atoms with Crippen LogP contribution in [0, 0.1) is 0 Å². The van der Waals surface area contributed by atoms with Gasteiger partial charge in [-0.15, -0.1) is 0 Å². The summed E-state index contributed by atoms with van der Waals surface area (Å²) in [6, 6.07) is 0. The second-order valence-electron chi connectivity index (χ2n) is 16.7. The van der Waals surface area contributed by atoms with E-state index in [1.165, 1.54) is 57.8 Å². The number of phosphoric ester groups is 3. The Morgan fingerprint density at radius 1 is 0.478 bits per heavy atom. The molecule has 0 aliphatic heterocycles. The van der Waals surface area contributed by atoms with Crippen LogP contribution in [-0.4, -0.2) is 108 Å². The lowest BCUT2D eigenvalue weighted by molar-refractivity contribution is -0.213. The van der Waals surface area contributed by atoms with Crippen LogP contribution in [0.2, 0.25) is 0 Å². The van der Waals surface area contributed by atoms with Gasteiger partial charge >= 0.3 is 35.4 Å². The zero-order valence-corrected chi connectivity index (χ0v) is 42.1. The zero-order valence-electron chi connectivity index (χ0n) is 39.5. The quantitative estimate of drug-likeness (QED) is 0.0123. The molecule has 67 heavy (non-hydrogen) atoms. The number of hydrogen-bond acceptors (Lipinski definition) is 14. The molecule has 1 saturated carbocycles. The number of aliphatic hydroxyl groups is 3. The summed E-state index contributed by atoms with van der Waals surface area (Å²) in [6.07, 6.45) is 22.8. The molecule has 0 amide bonds. The second kappa shape index (κ2) is 37.0. The highest BCUT2D eigenvalue weighted by Gasteiger charge is 2.56. The molecule has 0 bridgehead atoms. The maximum Gasteiger partial charge on any atom is 0.472 e. The number of ether oxygens (including phenoxy) is 2. The second-order valence-corrected chi connectivity index (χ2v) is 20.5. The van der Waals surface area contributed by atoms with Crippen LogP contribution >= 0.6 is 23.5 Å². The van der Waals surface area contributed by atoms with E-state index in [1.807, 2.05) is 12.2 Å². The topological polar surface area (TPSA) is 303 Å². The summed E-state index contributed by atoms with van der Waals surface area (Å²) in [4.78, 5) is 73.2. The standard InChI is InChI=1S/C45H81O19P3/c1-3-5-7-9-11-13-15-17-19-21-23-25-27-29-31-33-38(46)59-35-37(61-39(47)34-32-30-28-26-24-22-20-18-16-14-12-10-8-6-4-2)36-60-67(57,58)64-43-40(48)41(49)44(62-65(51,52)53)45(42(43)50)63-66(54,55)56/h12,14,17-20,24,26,37,40-45,48-50H,3-11,13,15-16,21-23,25,27-36H2,1-2H3,(H,57,58)(H2,51,52,53)(H2,54,55,56)/b14-12-,19-17-,20-18-,26-24-/t37-,40?,41?,42?,43+,44?,45+/m1/s1. The number of unbranched alkanes of at least 4 members (excludes halogenated alkanes) is 16. The molecule has 0 aromatic carbocycles. The number of phosphoric acid groups is 3. The fourth-order valence-electron chi connectivity index (χ4n) is 6.99. The van der Waals surface area contributed by atoms with E-state index in [0.717, 1.165) is 57.8 Å². The first-order chi connectivity index (χ1) is 31.8. The lowest BCUT2D eigenvalue weighted by Crippen LogP contribution is -2.65. The lowest BCUT2D eigenvalue weighted by Gasteiger charge is -2.44. The highest BCUT2D eigenvalue weighted by Crippen LogP contribution is 2.51. The number of carbonyl (C=O) groups is 2. The average molecular weight is 1020 g/mol. The minimum Gasteiger partial charge on any atom is -0.462 e. The number of esters is 2. The van der Waals surface area contributed by atoms with Crippen molar-refractivity contribution in [1.29, 1.82) is 0 Å². The van der Waals surface area contributed by atoms with Crippen LogP contribution in [0.5, 0.6) is 0 Å². The zero-order chi connectivity index (χ0) is 50.0. The first kappa shape index (κ1) is 63.1. The van der Waals surface area contributed by atoms with E-state index in [-0.39, 0.29) is 12.8 Å². The Morgan fingerprint density at radius 2 is 0.866 bits per heavy atom. The largest absolute Gasteiger partial charge is 0.472 e. The molecule has 0 radical (unpaired) electrons. The van der Waals surface area contributed by atoms with Crippen molar-refractivity contribution in [1.82, 2.24) is 0 Å². The summed E-state index contributed by atoms with van der Waals surface area (Å²) < 4.78 is 65.4. The highest BCUT2D eigenvalue weighted by molar-refractivity contribution is 7.47. The van der Waals surface area contributed by atoms with Gasteiger partial charge in [-0.3, -0.25) is 27.7 Å². The van der Waals surface area contributed by atoms with Gasteiger partial charge in [0.2, 0.25) is 0 Å². The highest BCUT2D eigenvalue weighted by atomic mass is 31.2. The Bertz CT molecular complexity index is 1590. The van der Waals surface area contributed by atoms with E-state index in [0.29, 0.717) is 25.7 Å². The molecule has 0 saturated heterocycles. The van der Waals surface area contributed by atoms with Crippen LogP contribution in [0.3, 0.4) is 0 Å². The van der Waals surface area contributed by atoms with Crippen LogP contribution < -0.4 is 0 Å². The van der Waals surface area contributed by atoms with E-state index < -0.39 is 91.3 Å². The molecule has 0 spiro atoms. The van der Waals surface area contributed by atoms with E-state index in [2.05, 4.69) is 59.4 Å². The van der Waals surface area contributed by atoms with Crippen molar-refractivity contribution >= 4 is 35.4 Å². The molecular weight excluding hydrogens is 937 g/mol. The molecule has 19 nitrogen and oxygen atoms in total. The predicted octanol–water partition coefficient (Wildman–Crippen LogP) is 8.62. The van der Waals surface area contributed by atoms with Crippen LogP contribution in [0.1, 0.15) is 168 Å². The van der Waals surface area contributed by atoms with E-state index >= 15 is 0 Å². The smallest absolute Gasteiger partial charge is 0.462 e. The van der Waals surface area contributed by atoms with Crippen LogP contribution in [0.25, 0.3) is 0 Å². The molecule has 1 fully saturated rings. The molecule has 0 aromatic heterocycles. The van der Waals surface area contributed by atoms with E-state index in [4.69, 9.17) is 18.5 Å². The molecule has 1 aliphatic rings. The predicted molar refractivity (Wildman–Crippen MR) is 252 cm³/mol. The molecule has 1 rings (SSSR count). The minimum absolute atomic E-state index is 0.0534. The van der Waals surface area contributed by atoms with Gasteiger partial charge in [-0.05, 0) is 77.0 Å². The fourth-order valence-corrected chi connectivity index (χ4v) is 9.09. The Morgan fingerprint density at radius 3 is 1.40 bits per heavy atom. The summed E-state index contributed by atoms with van der Waals surface area (Å²) in [7, 11) is -16.6. The van der Waals surface area contributed by atoms with E-state index in [1.54, 1.807) is 0 Å². The Kier molecular flexibility index (Phi) is 34.8. The van der Waals surface area contributed by atoms with Crippen molar-refractivity contribution in [2.75, 3.05) is 13.2 Å². The van der Waals surface area contributed by atoms with Gasteiger partial charge in [0, 0.05) is 12.8 Å². The van der Waals surface area contributed by atoms with Gasteiger partial charge in [0.25, 0.3) is 0 Å². The molecule has 5 unspecified atom stereocenters. The van der Waals surface area contributed by atoms with Crippen molar-refractivity contribution in [3.05, 3.63) is 48.6 Å². The molecular formula is C45H81O19P3. The first-order valence-corrected chi connectivity index (χ1v) is 28.5. The number of allylic oxidation sites excluding steroid dienone is 8.